The maximum Gasteiger partial charge on any atom is 0.233 e. The SMILES string of the molecule is O=C1C(c2ccccc2)=CC(=O)[C@@]2(c3ccccc3)[C@@H](c3ccc(O)c4ccccc34)C3=CC[C@@H]4C(=O)N(CCc5ccc(O)cc5)C(=O)[C@@H]4[C@@H]3C[C@@H]12. The lowest BCUT2D eigenvalue weighted by atomic mass is 9.44. The van der Waals surface area contributed by atoms with Gasteiger partial charge in [0.05, 0.1) is 17.3 Å². The van der Waals surface area contributed by atoms with Gasteiger partial charge in [0.15, 0.2) is 11.6 Å². The summed E-state index contributed by atoms with van der Waals surface area (Å²) < 4.78 is 0. The molecule has 2 N–H and O–H groups in total. The Kier molecular flexibility index (Phi) is 7.77. The molecule has 2 fully saturated rings. The third-order valence-electron chi connectivity index (χ3n) is 12.3. The largest absolute Gasteiger partial charge is 0.508 e. The quantitative estimate of drug-likeness (QED) is 0.142. The van der Waals surface area contributed by atoms with Crippen LogP contribution in [-0.4, -0.2) is 45.0 Å². The number of fused-ring (bicyclic) bond motifs is 5. The molecule has 0 aromatic heterocycles. The van der Waals surface area contributed by atoms with E-state index in [1.54, 1.807) is 30.3 Å². The lowest BCUT2D eigenvalue weighted by Gasteiger charge is -2.55. The highest BCUT2D eigenvalue weighted by atomic mass is 16.3. The summed E-state index contributed by atoms with van der Waals surface area (Å²) >= 11 is 0. The van der Waals surface area contributed by atoms with Crippen LogP contribution in [0.2, 0.25) is 0 Å². The van der Waals surface area contributed by atoms with Crippen molar-refractivity contribution in [2.75, 3.05) is 6.54 Å². The molecule has 3 aliphatic carbocycles. The van der Waals surface area contributed by atoms with Gasteiger partial charge in [-0.05, 0) is 77.1 Å². The molecule has 7 heteroatoms. The molecule has 0 radical (unpaired) electrons. The maximum atomic E-state index is 15.3. The Morgan fingerprint density at radius 2 is 1.38 bits per heavy atom. The third-order valence-corrected chi connectivity index (χ3v) is 12.3. The average molecular weight is 700 g/mol. The molecule has 0 bridgehead atoms. The highest BCUT2D eigenvalue weighted by Crippen LogP contribution is 2.64. The van der Waals surface area contributed by atoms with Crippen LogP contribution in [0.1, 0.15) is 41.0 Å². The van der Waals surface area contributed by atoms with Gasteiger partial charge < -0.3 is 10.2 Å². The Labute approximate surface area is 306 Å². The first-order valence-electron chi connectivity index (χ1n) is 18.2. The lowest BCUT2D eigenvalue weighted by Crippen LogP contribution is -2.58. The topological polar surface area (TPSA) is 112 Å². The number of aromatic hydroxyl groups is 2. The van der Waals surface area contributed by atoms with E-state index in [1.807, 2.05) is 91.0 Å². The molecule has 2 amide bonds. The van der Waals surface area contributed by atoms with Gasteiger partial charge in [-0.15, -0.1) is 0 Å². The molecule has 6 atom stereocenters. The van der Waals surface area contributed by atoms with Crippen molar-refractivity contribution in [3.63, 3.8) is 0 Å². The van der Waals surface area contributed by atoms with E-state index in [4.69, 9.17) is 0 Å². The Morgan fingerprint density at radius 1 is 0.698 bits per heavy atom. The molecule has 5 aromatic rings. The number of ketones is 2. The number of likely N-dealkylation sites (tertiary alicyclic amines) is 1. The van der Waals surface area contributed by atoms with Crippen molar-refractivity contribution >= 4 is 39.7 Å². The summed E-state index contributed by atoms with van der Waals surface area (Å²) in [6, 6.07) is 36.6. The summed E-state index contributed by atoms with van der Waals surface area (Å²) in [6.07, 6.45) is 4.61. The Bertz CT molecular complexity index is 2380. The Morgan fingerprint density at radius 3 is 2.11 bits per heavy atom. The zero-order valence-corrected chi connectivity index (χ0v) is 28.9. The van der Waals surface area contributed by atoms with Crippen molar-refractivity contribution < 1.29 is 29.4 Å². The number of phenols is 2. The van der Waals surface area contributed by atoms with Crippen molar-refractivity contribution in [2.45, 2.75) is 30.6 Å². The van der Waals surface area contributed by atoms with Gasteiger partial charge in [-0.3, -0.25) is 24.1 Å². The zero-order valence-electron chi connectivity index (χ0n) is 28.9. The molecule has 7 nitrogen and oxygen atoms in total. The number of hydrogen-bond acceptors (Lipinski definition) is 6. The van der Waals surface area contributed by atoms with E-state index in [2.05, 4.69) is 6.08 Å². The van der Waals surface area contributed by atoms with Crippen LogP contribution in [0, 0.1) is 23.7 Å². The summed E-state index contributed by atoms with van der Waals surface area (Å²) in [6.45, 7) is 0.208. The van der Waals surface area contributed by atoms with Crippen molar-refractivity contribution in [3.05, 3.63) is 161 Å². The molecule has 53 heavy (non-hydrogen) atoms. The van der Waals surface area contributed by atoms with Gasteiger partial charge in [0.25, 0.3) is 0 Å². The van der Waals surface area contributed by atoms with Gasteiger partial charge in [0.1, 0.15) is 11.5 Å². The molecule has 1 aliphatic heterocycles. The molecule has 1 heterocycles. The number of carbonyl (C=O) groups is 4. The van der Waals surface area contributed by atoms with Gasteiger partial charge in [-0.25, -0.2) is 0 Å². The highest BCUT2D eigenvalue weighted by molar-refractivity contribution is 6.31. The van der Waals surface area contributed by atoms with Crippen LogP contribution < -0.4 is 0 Å². The van der Waals surface area contributed by atoms with Crippen molar-refractivity contribution in [3.8, 4) is 11.5 Å². The first-order valence-corrected chi connectivity index (χ1v) is 18.2. The van der Waals surface area contributed by atoms with E-state index < -0.39 is 35.0 Å². The maximum absolute atomic E-state index is 15.3. The van der Waals surface area contributed by atoms with E-state index in [0.717, 1.165) is 27.6 Å². The minimum absolute atomic E-state index is 0.109. The monoisotopic (exact) mass is 699 g/mol. The van der Waals surface area contributed by atoms with Crippen LogP contribution in [0.3, 0.4) is 0 Å². The van der Waals surface area contributed by atoms with Crippen LogP contribution in [0.4, 0.5) is 0 Å². The smallest absolute Gasteiger partial charge is 0.233 e. The number of allylic oxidation sites excluding steroid dienone is 4. The van der Waals surface area contributed by atoms with Gasteiger partial charge in [0.2, 0.25) is 11.8 Å². The predicted octanol–water partition coefficient (Wildman–Crippen LogP) is 7.32. The molecule has 1 saturated heterocycles. The van der Waals surface area contributed by atoms with Gasteiger partial charge >= 0.3 is 0 Å². The number of phenolic OH excluding ortho intramolecular Hbond substituents is 2. The van der Waals surface area contributed by atoms with E-state index in [9.17, 15) is 19.8 Å². The summed E-state index contributed by atoms with van der Waals surface area (Å²) in [4.78, 5) is 60.5. The molecule has 262 valence electrons. The molecule has 4 aliphatic rings. The fourth-order valence-corrected chi connectivity index (χ4v) is 9.97. The molecular formula is C46H37NO6. The number of nitrogens with zero attached hydrogens (tertiary/aromatic N) is 1. The predicted molar refractivity (Wildman–Crippen MR) is 201 cm³/mol. The minimum atomic E-state index is -1.35. The molecule has 1 saturated carbocycles. The van der Waals surface area contributed by atoms with Crippen LogP contribution >= 0.6 is 0 Å². The summed E-state index contributed by atoms with van der Waals surface area (Å²) in [5.74, 6) is -3.78. The summed E-state index contributed by atoms with van der Waals surface area (Å²) in [7, 11) is 0. The van der Waals surface area contributed by atoms with Crippen LogP contribution in [-0.2, 0) is 31.0 Å². The number of amides is 2. The fourth-order valence-electron chi connectivity index (χ4n) is 9.97. The zero-order chi connectivity index (χ0) is 36.4. The van der Waals surface area contributed by atoms with Gasteiger partial charge in [-0.2, -0.15) is 0 Å². The van der Waals surface area contributed by atoms with Crippen molar-refractivity contribution in [1.29, 1.82) is 0 Å². The Hall–Kier alpha value is -6.08. The third kappa shape index (κ3) is 4.94. The fraction of sp³-hybridized carbons (Fsp3) is 0.217. The van der Waals surface area contributed by atoms with Crippen LogP contribution in [0.15, 0.2) is 139 Å². The van der Waals surface area contributed by atoms with Gasteiger partial charge in [-0.1, -0.05) is 115 Å². The van der Waals surface area contributed by atoms with Crippen LogP contribution in [0.5, 0.6) is 11.5 Å². The lowest BCUT2D eigenvalue weighted by molar-refractivity contribution is -0.140. The van der Waals surface area contributed by atoms with E-state index in [-0.39, 0.29) is 47.8 Å². The number of Topliss-reactive ketones (excluding diaryl/α,β-unsaturated/α-hetero) is 1. The molecule has 9 rings (SSSR count). The number of carbonyl (C=O) groups excluding carboxylic acids is 4. The van der Waals surface area contributed by atoms with E-state index in [0.29, 0.717) is 29.4 Å². The second kappa shape index (κ2) is 12.6. The standard InChI is InChI=1S/C46H37NO6/c48-30-17-15-27(16-18-30)23-24-47-44(52)35-20-19-34-37(41(35)45(47)53)25-38-43(51)36(28-9-3-1-4-10-28)26-40(50)46(38,29-11-5-2-6-12-29)42(34)33-21-22-39(49)32-14-8-7-13-31(32)33/h1-19,21-22,26,35,37-38,41-42,48-49H,20,23-25H2/t35-,37+,38-,41-,42-,46-/m0/s1. The van der Waals surface area contributed by atoms with Crippen molar-refractivity contribution in [1.82, 2.24) is 4.90 Å². The number of benzene rings is 5. The Balaban J connectivity index is 1.24. The molecular weight excluding hydrogens is 663 g/mol. The first-order chi connectivity index (χ1) is 25.8. The second-order valence-electron chi connectivity index (χ2n) is 14.8. The molecule has 0 spiro atoms. The van der Waals surface area contributed by atoms with Gasteiger partial charge in [0, 0.05) is 29.3 Å². The van der Waals surface area contributed by atoms with Crippen LogP contribution in [0.25, 0.3) is 16.3 Å². The number of rotatable bonds is 6. The highest BCUT2D eigenvalue weighted by Gasteiger charge is 2.66. The normalized spacial score (nSPS) is 26.5. The average Bonchev–Trinajstić information content (AvgIpc) is 3.44. The number of imide groups is 1. The summed E-state index contributed by atoms with van der Waals surface area (Å²) in [5, 5.41) is 22.2. The van der Waals surface area contributed by atoms with E-state index in [1.165, 1.54) is 11.0 Å². The first kappa shape index (κ1) is 32.8. The molecule has 5 aromatic carbocycles. The van der Waals surface area contributed by atoms with Crippen molar-refractivity contribution in [2.24, 2.45) is 23.7 Å². The van der Waals surface area contributed by atoms with E-state index >= 15 is 9.59 Å². The number of hydrogen-bond donors (Lipinski definition) is 2. The minimum Gasteiger partial charge on any atom is -0.508 e. The molecule has 0 unspecified atom stereocenters. The second-order valence-corrected chi connectivity index (χ2v) is 14.8. The summed E-state index contributed by atoms with van der Waals surface area (Å²) in [5.41, 5.74) is 2.96.